The number of hydrogen-bond donors (Lipinski definition) is 3. The topological polar surface area (TPSA) is 105 Å². The molecular formula is C28H36N2O5. The minimum absolute atomic E-state index is 0.0486. The van der Waals surface area contributed by atoms with Crippen molar-refractivity contribution in [2.24, 2.45) is 11.3 Å². The zero-order chi connectivity index (χ0) is 25.6. The van der Waals surface area contributed by atoms with E-state index in [1.165, 1.54) is 0 Å². The molecule has 7 heteroatoms. The van der Waals surface area contributed by atoms with Gasteiger partial charge in [-0.05, 0) is 46.4 Å². The monoisotopic (exact) mass is 480 g/mol. The Hall–Kier alpha value is -3.35. The van der Waals surface area contributed by atoms with Gasteiger partial charge in [-0.25, -0.2) is 4.79 Å². The lowest BCUT2D eigenvalue weighted by molar-refractivity contribution is -0.137. The number of rotatable bonds is 11. The fourth-order valence-corrected chi connectivity index (χ4v) is 4.51. The number of benzene rings is 2. The van der Waals surface area contributed by atoms with Gasteiger partial charge in [-0.1, -0.05) is 76.2 Å². The van der Waals surface area contributed by atoms with E-state index in [9.17, 15) is 14.4 Å². The minimum Gasteiger partial charge on any atom is -0.481 e. The molecule has 1 aliphatic rings. The second-order valence-electron chi connectivity index (χ2n) is 10.3. The summed E-state index contributed by atoms with van der Waals surface area (Å²) in [5.74, 6) is -1.28. The second kappa shape index (κ2) is 11.4. The van der Waals surface area contributed by atoms with Gasteiger partial charge in [0.15, 0.2) is 0 Å². The van der Waals surface area contributed by atoms with Crippen LogP contribution in [0.4, 0.5) is 4.79 Å². The molecule has 2 amide bonds. The lowest BCUT2D eigenvalue weighted by Gasteiger charge is -2.26. The standard InChI is InChI=1S/C28H36N2O5/c1-18(2)25(26(33)29-16-15-28(3,4)14-13-24(31)32)30-27(34)35-17-23-21-11-7-5-9-19(21)20-10-6-8-12-22(20)23/h5-12,18,23,25H,13-17H2,1-4H3,(H,29,33)(H,30,34)(H,31,32)/t25-/m1/s1. The highest BCUT2D eigenvalue weighted by Crippen LogP contribution is 2.44. The summed E-state index contributed by atoms with van der Waals surface area (Å²) in [6.07, 6.45) is 0.646. The van der Waals surface area contributed by atoms with Crippen LogP contribution in [0.25, 0.3) is 11.1 Å². The molecule has 0 spiro atoms. The molecule has 2 aromatic rings. The normalized spacial score (nSPS) is 13.6. The number of ether oxygens (including phenoxy) is 1. The zero-order valence-electron chi connectivity index (χ0n) is 21.0. The Balaban J connectivity index is 1.54. The third-order valence-electron chi connectivity index (χ3n) is 6.68. The first-order valence-corrected chi connectivity index (χ1v) is 12.2. The predicted molar refractivity (Wildman–Crippen MR) is 135 cm³/mol. The Morgan fingerprint density at radius 3 is 2.09 bits per heavy atom. The molecule has 0 aromatic heterocycles. The Labute approximate surface area is 207 Å². The molecular weight excluding hydrogens is 444 g/mol. The number of fused-ring (bicyclic) bond motifs is 3. The van der Waals surface area contributed by atoms with Crippen molar-refractivity contribution in [2.75, 3.05) is 13.2 Å². The predicted octanol–water partition coefficient (Wildman–Crippen LogP) is 4.95. The van der Waals surface area contributed by atoms with E-state index in [1.807, 2.05) is 52.0 Å². The average molecular weight is 481 g/mol. The van der Waals surface area contributed by atoms with Crippen LogP contribution in [0.3, 0.4) is 0 Å². The molecule has 0 saturated carbocycles. The fraction of sp³-hybridized carbons (Fsp3) is 0.464. The highest BCUT2D eigenvalue weighted by atomic mass is 16.5. The number of carboxylic acids is 1. The van der Waals surface area contributed by atoms with Gasteiger partial charge < -0.3 is 20.5 Å². The number of alkyl carbamates (subject to hydrolysis) is 1. The van der Waals surface area contributed by atoms with Crippen LogP contribution in [0.5, 0.6) is 0 Å². The summed E-state index contributed by atoms with van der Waals surface area (Å²) < 4.78 is 5.60. The number of aliphatic carboxylic acids is 1. The van der Waals surface area contributed by atoms with Crippen LogP contribution in [0.15, 0.2) is 48.5 Å². The van der Waals surface area contributed by atoms with Gasteiger partial charge in [0.25, 0.3) is 0 Å². The van der Waals surface area contributed by atoms with E-state index in [2.05, 4.69) is 34.9 Å². The van der Waals surface area contributed by atoms with Crippen molar-refractivity contribution < 1.29 is 24.2 Å². The number of amides is 2. The molecule has 3 rings (SSSR count). The van der Waals surface area contributed by atoms with Gasteiger partial charge in [0.05, 0.1) is 0 Å². The number of hydrogen-bond acceptors (Lipinski definition) is 4. The van der Waals surface area contributed by atoms with Crippen LogP contribution in [-0.4, -0.2) is 42.3 Å². The molecule has 3 N–H and O–H groups in total. The van der Waals surface area contributed by atoms with Crippen molar-refractivity contribution >= 4 is 18.0 Å². The Bertz CT molecular complexity index is 1020. The van der Waals surface area contributed by atoms with Crippen LogP contribution in [0, 0.1) is 11.3 Å². The van der Waals surface area contributed by atoms with Gasteiger partial charge in [0.2, 0.25) is 5.91 Å². The van der Waals surface area contributed by atoms with Crippen molar-refractivity contribution in [1.82, 2.24) is 10.6 Å². The maximum absolute atomic E-state index is 12.8. The van der Waals surface area contributed by atoms with Crippen molar-refractivity contribution in [2.45, 2.75) is 58.9 Å². The molecule has 0 radical (unpaired) electrons. The first-order chi connectivity index (χ1) is 16.6. The van der Waals surface area contributed by atoms with Gasteiger partial charge in [0.1, 0.15) is 12.6 Å². The zero-order valence-corrected chi connectivity index (χ0v) is 21.0. The molecule has 1 aliphatic carbocycles. The van der Waals surface area contributed by atoms with Crippen LogP contribution in [-0.2, 0) is 14.3 Å². The summed E-state index contributed by atoms with van der Waals surface area (Å²) in [4.78, 5) is 36.3. The van der Waals surface area contributed by atoms with Crippen molar-refractivity contribution in [3.8, 4) is 11.1 Å². The van der Waals surface area contributed by atoms with E-state index in [1.54, 1.807) is 0 Å². The third kappa shape index (κ3) is 6.84. The molecule has 2 aromatic carbocycles. The van der Waals surface area contributed by atoms with Crippen molar-refractivity contribution in [3.63, 3.8) is 0 Å². The highest BCUT2D eigenvalue weighted by Gasteiger charge is 2.30. The van der Waals surface area contributed by atoms with Crippen LogP contribution in [0.2, 0.25) is 0 Å². The highest BCUT2D eigenvalue weighted by molar-refractivity contribution is 5.86. The van der Waals surface area contributed by atoms with E-state index in [4.69, 9.17) is 9.84 Å². The van der Waals surface area contributed by atoms with E-state index >= 15 is 0 Å². The number of nitrogens with one attached hydrogen (secondary N) is 2. The van der Waals surface area contributed by atoms with Crippen LogP contribution >= 0.6 is 0 Å². The van der Waals surface area contributed by atoms with Crippen molar-refractivity contribution in [1.29, 1.82) is 0 Å². The first-order valence-electron chi connectivity index (χ1n) is 12.2. The largest absolute Gasteiger partial charge is 0.481 e. The van der Waals surface area contributed by atoms with Crippen LogP contribution < -0.4 is 10.6 Å². The molecule has 0 aliphatic heterocycles. The molecule has 0 bridgehead atoms. The summed E-state index contributed by atoms with van der Waals surface area (Å²) in [6, 6.07) is 15.5. The molecule has 0 saturated heterocycles. The molecule has 1 atom stereocenters. The van der Waals surface area contributed by atoms with Gasteiger partial charge in [-0.2, -0.15) is 0 Å². The molecule has 35 heavy (non-hydrogen) atoms. The Morgan fingerprint density at radius 1 is 0.971 bits per heavy atom. The van der Waals surface area contributed by atoms with Crippen molar-refractivity contribution in [3.05, 3.63) is 59.7 Å². The van der Waals surface area contributed by atoms with Gasteiger partial charge in [-0.3, -0.25) is 9.59 Å². The first kappa shape index (κ1) is 26.3. The van der Waals surface area contributed by atoms with Gasteiger partial charge >= 0.3 is 12.1 Å². The smallest absolute Gasteiger partial charge is 0.407 e. The molecule has 188 valence electrons. The summed E-state index contributed by atoms with van der Waals surface area (Å²) in [6.45, 7) is 8.29. The number of carbonyl (C=O) groups excluding carboxylic acids is 2. The lowest BCUT2D eigenvalue weighted by Crippen LogP contribution is -2.50. The summed E-state index contributed by atoms with van der Waals surface area (Å²) in [5.41, 5.74) is 4.36. The lowest BCUT2D eigenvalue weighted by atomic mass is 9.84. The average Bonchev–Trinajstić information content (AvgIpc) is 3.13. The quantitative estimate of drug-likeness (QED) is 0.422. The Kier molecular flexibility index (Phi) is 8.54. The Morgan fingerprint density at radius 2 is 1.54 bits per heavy atom. The van der Waals surface area contributed by atoms with E-state index < -0.39 is 18.1 Å². The van der Waals surface area contributed by atoms with Gasteiger partial charge in [0, 0.05) is 18.9 Å². The van der Waals surface area contributed by atoms with E-state index in [0.717, 1.165) is 22.3 Å². The second-order valence-corrected chi connectivity index (χ2v) is 10.3. The molecule has 0 heterocycles. The summed E-state index contributed by atoms with van der Waals surface area (Å²) in [7, 11) is 0. The van der Waals surface area contributed by atoms with E-state index in [0.29, 0.717) is 19.4 Å². The number of carbonyl (C=O) groups is 3. The third-order valence-corrected chi connectivity index (χ3v) is 6.68. The maximum atomic E-state index is 12.8. The molecule has 7 nitrogen and oxygen atoms in total. The van der Waals surface area contributed by atoms with Crippen LogP contribution in [0.1, 0.15) is 64.0 Å². The molecule has 0 unspecified atom stereocenters. The SMILES string of the molecule is CC(C)[C@@H](NC(=O)OCC1c2ccccc2-c2ccccc21)C(=O)NCCC(C)(C)CCC(=O)O. The van der Waals surface area contributed by atoms with Gasteiger partial charge in [-0.15, -0.1) is 0 Å². The maximum Gasteiger partial charge on any atom is 0.407 e. The molecule has 0 fully saturated rings. The van der Waals surface area contributed by atoms with E-state index in [-0.39, 0.29) is 36.2 Å². The number of carboxylic acid groups (broad SMARTS) is 1. The summed E-state index contributed by atoms with van der Waals surface area (Å²) in [5, 5.41) is 14.5. The fourth-order valence-electron chi connectivity index (χ4n) is 4.51. The summed E-state index contributed by atoms with van der Waals surface area (Å²) >= 11 is 0. The minimum atomic E-state index is -0.825.